The summed E-state index contributed by atoms with van der Waals surface area (Å²) >= 11 is 0. The number of sulfonamides is 1. The molecular weight excluding hydrogens is 480 g/mol. The smallest absolute Gasteiger partial charge is 0.219 e. The highest BCUT2D eigenvalue weighted by Gasteiger charge is 2.45. The summed E-state index contributed by atoms with van der Waals surface area (Å²) in [6.45, 7) is 5.36. The van der Waals surface area contributed by atoms with Gasteiger partial charge < -0.3 is 24.7 Å². The average Bonchev–Trinajstić information content (AvgIpc) is 3.30. The number of nitrogens with two attached hydrogens (primary N) is 1. The van der Waals surface area contributed by atoms with Crippen LogP contribution in [0, 0.1) is 0 Å². The van der Waals surface area contributed by atoms with Crippen LogP contribution in [-0.2, 0) is 30.8 Å². The van der Waals surface area contributed by atoms with Crippen molar-refractivity contribution in [3.05, 3.63) is 41.6 Å². The fourth-order valence-electron chi connectivity index (χ4n) is 5.28. The van der Waals surface area contributed by atoms with E-state index in [9.17, 15) is 8.42 Å². The second-order valence-electron chi connectivity index (χ2n) is 9.54. The maximum atomic E-state index is 13.0. The van der Waals surface area contributed by atoms with Crippen LogP contribution in [-0.4, -0.2) is 69.4 Å². The number of fused-ring (bicyclic) bond motifs is 1. The molecule has 0 radical (unpaired) electrons. The topological polar surface area (TPSA) is 135 Å². The number of hydrogen-bond acceptors (Lipinski definition) is 8. The number of morpholine rings is 1. The normalized spacial score (nSPS) is 20.6. The fraction of sp³-hybridized carbons (Fsp3) is 0.520. The Balaban J connectivity index is 1.67. The van der Waals surface area contributed by atoms with Gasteiger partial charge in [0.2, 0.25) is 10.0 Å². The molecule has 10 nitrogen and oxygen atoms in total. The summed E-state index contributed by atoms with van der Waals surface area (Å²) in [5, 5.41) is 9.03. The van der Waals surface area contributed by atoms with Gasteiger partial charge in [0.15, 0.2) is 0 Å². The van der Waals surface area contributed by atoms with Gasteiger partial charge in [0.05, 0.1) is 41.7 Å². The lowest BCUT2D eigenvalue weighted by atomic mass is 9.90. The summed E-state index contributed by atoms with van der Waals surface area (Å²) in [5.74, 6) is 0.721. The Morgan fingerprint density at radius 3 is 2.67 bits per heavy atom. The molecule has 0 spiro atoms. The Morgan fingerprint density at radius 2 is 1.94 bits per heavy atom. The highest BCUT2D eigenvalue weighted by molar-refractivity contribution is 7.90. The fourth-order valence-corrected chi connectivity index (χ4v) is 6.47. The number of hydrogen-bond donors (Lipinski definition) is 3. The molecule has 2 aliphatic rings. The minimum atomic E-state index is -3.93. The molecule has 2 fully saturated rings. The number of aromatic nitrogens is 3. The van der Waals surface area contributed by atoms with E-state index in [1.54, 1.807) is 0 Å². The Kier molecular flexibility index (Phi) is 7.01. The van der Waals surface area contributed by atoms with Crippen molar-refractivity contribution in [2.45, 2.75) is 43.5 Å². The third kappa shape index (κ3) is 4.61. The van der Waals surface area contributed by atoms with Crippen LogP contribution in [0.2, 0.25) is 0 Å². The molecule has 5 rings (SSSR count). The molecule has 1 atom stereocenters. The summed E-state index contributed by atoms with van der Waals surface area (Å²) < 4.78 is 36.1. The lowest BCUT2D eigenvalue weighted by Gasteiger charge is -2.39. The van der Waals surface area contributed by atoms with Gasteiger partial charge in [0.25, 0.3) is 0 Å². The van der Waals surface area contributed by atoms with E-state index in [2.05, 4.69) is 22.1 Å². The number of H-pyrrole nitrogens is 1. The molecule has 36 heavy (non-hydrogen) atoms. The van der Waals surface area contributed by atoms with Gasteiger partial charge in [0, 0.05) is 32.0 Å². The second kappa shape index (κ2) is 10.1. The van der Waals surface area contributed by atoms with Crippen molar-refractivity contribution >= 4 is 26.9 Å². The van der Waals surface area contributed by atoms with Crippen LogP contribution < -0.4 is 15.4 Å². The van der Waals surface area contributed by atoms with E-state index in [1.165, 1.54) is 0 Å². The van der Waals surface area contributed by atoms with E-state index in [4.69, 9.17) is 24.6 Å². The number of rotatable bonds is 7. The molecule has 4 N–H and O–H groups in total. The van der Waals surface area contributed by atoms with Crippen LogP contribution in [0.1, 0.15) is 37.4 Å². The predicted molar refractivity (Wildman–Crippen MR) is 139 cm³/mol. The summed E-state index contributed by atoms with van der Waals surface area (Å²) in [4.78, 5) is 15.5. The lowest BCUT2D eigenvalue weighted by Crippen LogP contribution is -2.47. The van der Waals surface area contributed by atoms with Crippen LogP contribution in [0.3, 0.4) is 0 Å². The van der Waals surface area contributed by atoms with Crippen molar-refractivity contribution in [3.8, 4) is 11.4 Å². The second-order valence-corrected chi connectivity index (χ2v) is 11.4. The number of nitrogens with one attached hydrogen (secondary N) is 2. The maximum absolute atomic E-state index is 13.0. The van der Waals surface area contributed by atoms with Crippen LogP contribution in [0.5, 0.6) is 0 Å². The quantitative estimate of drug-likeness (QED) is 0.437. The van der Waals surface area contributed by atoms with Gasteiger partial charge in [-0.1, -0.05) is 6.92 Å². The molecule has 194 valence electrons. The first kappa shape index (κ1) is 25.1. The van der Waals surface area contributed by atoms with Crippen LogP contribution in [0.25, 0.3) is 22.4 Å². The summed E-state index contributed by atoms with van der Waals surface area (Å²) in [6, 6.07) is 9.81. The number of aromatic amines is 1. The highest BCUT2D eigenvalue weighted by Crippen LogP contribution is 2.41. The maximum Gasteiger partial charge on any atom is 0.219 e. The molecule has 0 saturated carbocycles. The summed E-state index contributed by atoms with van der Waals surface area (Å²) in [5.41, 5.74) is 4.74. The Morgan fingerprint density at radius 1 is 1.14 bits per heavy atom. The molecule has 0 unspecified atom stereocenters. The monoisotopic (exact) mass is 514 g/mol. The molecule has 0 amide bonds. The van der Waals surface area contributed by atoms with E-state index in [0.29, 0.717) is 69.3 Å². The third-order valence-electron chi connectivity index (χ3n) is 7.34. The molecule has 0 aliphatic carbocycles. The Labute approximate surface area is 211 Å². The minimum Gasteiger partial charge on any atom is -0.381 e. The van der Waals surface area contributed by atoms with Gasteiger partial charge in [-0.05, 0) is 62.2 Å². The SMILES string of the molecule is CC[C@H]1COCCN1c1cc(C2(S(N)(=O)=O)CCOCC2)cc(-c2ccc3[nH]c(CNC)cc3n2)n1. The van der Waals surface area contributed by atoms with Crippen molar-refractivity contribution in [2.24, 2.45) is 5.14 Å². The van der Waals surface area contributed by atoms with Crippen molar-refractivity contribution in [1.29, 1.82) is 0 Å². The van der Waals surface area contributed by atoms with Crippen molar-refractivity contribution in [1.82, 2.24) is 20.3 Å². The minimum absolute atomic E-state index is 0.152. The standard InChI is InChI=1S/C25H34N6O4S/c1-3-19-16-35-11-8-31(19)24-13-17(25(36(26,32)33)6-9-34-10-7-25)12-22(30-24)21-5-4-20-23(29-21)14-18(28-20)15-27-2/h4-5,12-14,19,27-28H,3,6-11,15-16H2,1-2H3,(H2,26,32,33)/t19-/m0/s1. The number of pyridine rings is 2. The predicted octanol–water partition coefficient (Wildman–Crippen LogP) is 2.25. The lowest BCUT2D eigenvalue weighted by molar-refractivity contribution is 0.0739. The molecule has 0 aromatic carbocycles. The molecular formula is C25H34N6O4S. The van der Waals surface area contributed by atoms with E-state index in [1.807, 2.05) is 37.4 Å². The van der Waals surface area contributed by atoms with E-state index < -0.39 is 14.8 Å². The van der Waals surface area contributed by atoms with E-state index in [-0.39, 0.29) is 6.04 Å². The molecule has 3 aromatic heterocycles. The molecule has 0 bridgehead atoms. The van der Waals surface area contributed by atoms with Gasteiger partial charge >= 0.3 is 0 Å². The van der Waals surface area contributed by atoms with Gasteiger partial charge in [-0.15, -0.1) is 0 Å². The average molecular weight is 515 g/mol. The number of anilines is 1. The first-order valence-corrected chi connectivity index (χ1v) is 14.0. The zero-order chi connectivity index (χ0) is 25.3. The van der Waals surface area contributed by atoms with E-state index in [0.717, 1.165) is 29.0 Å². The summed E-state index contributed by atoms with van der Waals surface area (Å²) in [6.07, 6.45) is 1.48. The highest BCUT2D eigenvalue weighted by atomic mass is 32.2. The molecule has 11 heteroatoms. The largest absolute Gasteiger partial charge is 0.381 e. The molecule has 3 aromatic rings. The van der Waals surface area contributed by atoms with E-state index >= 15 is 0 Å². The van der Waals surface area contributed by atoms with Crippen LogP contribution >= 0.6 is 0 Å². The third-order valence-corrected chi connectivity index (χ3v) is 9.07. The number of ether oxygens (including phenoxy) is 2. The van der Waals surface area contributed by atoms with Gasteiger partial charge in [-0.3, -0.25) is 0 Å². The first-order chi connectivity index (χ1) is 17.3. The van der Waals surface area contributed by atoms with Crippen molar-refractivity contribution in [2.75, 3.05) is 44.9 Å². The van der Waals surface area contributed by atoms with Gasteiger partial charge in [0.1, 0.15) is 10.6 Å². The molecule has 2 aliphatic heterocycles. The summed E-state index contributed by atoms with van der Waals surface area (Å²) in [7, 11) is -2.03. The molecule has 2 saturated heterocycles. The molecule has 5 heterocycles. The van der Waals surface area contributed by atoms with Crippen LogP contribution in [0.4, 0.5) is 5.82 Å². The number of primary sulfonamides is 1. The first-order valence-electron chi connectivity index (χ1n) is 12.5. The van der Waals surface area contributed by atoms with Gasteiger partial charge in [-0.2, -0.15) is 0 Å². The zero-order valence-corrected chi connectivity index (χ0v) is 21.6. The van der Waals surface area contributed by atoms with Gasteiger partial charge in [-0.25, -0.2) is 23.5 Å². The number of nitrogens with zero attached hydrogens (tertiary/aromatic N) is 3. The Hall–Kier alpha value is -2.57. The zero-order valence-electron chi connectivity index (χ0n) is 20.8. The van der Waals surface area contributed by atoms with Crippen molar-refractivity contribution in [3.63, 3.8) is 0 Å². The van der Waals surface area contributed by atoms with Crippen LogP contribution in [0.15, 0.2) is 30.3 Å². The Bertz CT molecular complexity index is 1340. The van der Waals surface area contributed by atoms with Crippen molar-refractivity contribution < 1.29 is 17.9 Å².